The van der Waals surface area contributed by atoms with Gasteiger partial charge in [0.25, 0.3) is 0 Å². The van der Waals surface area contributed by atoms with Crippen LogP contribution >= 0.6 is 0 Å². The van der Waals surface area contributed by atoms with E-state index in [-0.39, 0.29) is 0 Å². The number of benzene rings is 1. The van der Waals surface area contributed by atoms with Gasteiger partial charge in [-0.25, -0.2) is 9.97 Å². The Hall–Kier alpha value is -2.10. The van der Waals surface area contributed by atoms with Crippen LogP contribution in [-0.2, 0) is 6.42 Å². The van der Waals surface area contributed by atoms with Crippen molar-refractivity contribution in [2.45, 2.75) is 20.3 Å². The van der Waals surface area contributed by atoms with Gasteiger partial charge in [0, 0.05) is 18.3 Å². The van der Waals surface area contributed by atoms with E-state index in [2.05, 4.69) is 28.3 Å². The molecular weight excluding hydrogens is 238 g/mol. The van der Waals surface area contributed by atoms with Gasteiger partial charge in [0.1, 0.15) is 5.75 Å². The Morgan fingerprint density at radius 3 is 2.63 bits per heavy atom. The van der Waals surface area contributed by atoms with Crippen LogP contribution in [0.5, 0.6) is 5.75 Å². The van der Waals surface area contributed by atoms with Crippen molar-refractivity contribution in [2.24, 2.45) is 0 Å². The SMILES string of the molecule is CCc1cc(-c2cc(C)nc(NC)n2)ccc1OC. The van der Waals surface area contributed by atoms with E-state index in [1.54, 1.807) is 7.11 Å². The smallest absolute Gasteiger partial charge is 0.223 e. The van der Waals surface area contributed by atoms with E-state index in [1.807, 2.05) is 32.2 Å². The zero-order valence-electron chi connectivity index (χ0n) is 11.8. The van der Waals surface area contributed by atoms with Crippen molar-refractivity contribution in [3.05, 3.63) is 35.5 Å². The first-order valence-corrected chi connectivity index (χ1v) is 6.38. The molecule has 0 saturated heterocycles. The first-order valence-electron chi connectivity index (χ1n) is 6.38. The van der Waals surface area contributed by atoms with Crippen molar-refractivity contribution >= 4 is 5.95 Å². The van der Waals surface area contributed by atoms with E-state index >= 15 is 0 Å². The van der Waals surface area contributed by atoms with Crippen LogP contribution in [0.3, 0.4) is 0 Å². The number of rotatable bonds is 4. The standard InChI is InChI=1S/C15H19N3O/c1-5-11-9-12(6-7-14(11)19-4)13-8-10(2)17-15(16-3)18-13/h6-9H,5H2,1-4H3,(H,16,17,18). The maximum absolute atomic E-state index is 5.35. The van der Waals surface area contributed by atoms with Crippen LogP contribution in [-0.4, -0.2) is 24.1 Å². The number of ether oxygens (including phenoxy) is 1. The van der Waals surface area contributed by atoms with E-state index in [9.17, 15) is 0 Å². The second-order valence-corrected chi connectivity index (χ2v) is 4.35. The number of aromatic nitrogens is 2. The van der Waals surface area contributed by atoms with Gasteiger partial charge in [-0.2, -0.15) is 0 Å². The van der Waals surface area contributed by atoms with Crippen molar-refractivity contribution in [3.63, 3.8) is 0 Å². The summed E-state index contributed by atoms with van der Waals surface area (Å²) in [6.45, 7) is 4.09. The van der Waals surface area contributed by atoms with Crippen LogP contribution in [0, 0.1) is 6.92 Å². The minimum atomic E-state index is 0.642. The van der Waals surface area contributed by atoms with Crippen LogP contribution in [0.15, 0.2) is 24.3 Å². The molecule has 0 spiro atoms. The van der Waals surface area contributed by atoms with E-state index in [1.165, 1.54) is 5.56 Å². The lowest BCUT2D eigenvalue weighted by atomic mass is 10.0. The molecule has 0 saturated carbocycles. The highest BCUT2D eigenvalue weighted by Crippen LogP contribution is 2.26. The summed E-state index contributed by atoms with van der Waals surface area (Å²) in [7, 11) is 3.52. The summed E-state index contributed by atoms with van der Waals surface area (Å²) in [6, 6.07) is 8.13. The first kappa shape index (κ1) is 13.3. The Morgan fingerprint density at radius 1 is 1.21 bits per heavy atom. The number of aryl methyl sites for hydroxylation is 2. The van der Waals surface area contributed by atoms with Gasteiger partial charge >= 0.3 is 0 Å². The molecule has 4 nitrogen and oxygen atoms in total. The molecule has 0 amide bonds. The fraction of sp³-hybridized carbons (Fsp3) is 0.333. The van der Waals surface area contributed by atoms with Gasteiger partial charge < -0.3 is 10.1 Å². The third-order valence-corrected chi connectivity index (χ3v) is 3.03. The van der Waals surface area contributed by atoms with Crippen LogP contribution < -0.4 is 10.1 Å². The summed E-state index contributed by atoms with van der Waals surface area (Å²) < 4.78 is 5.35. The second kappa shape index (κ2) is 5.69. The molecule has 19 heavy (non-hydrogen) atoms. The Kier molecular flexibility index (Phi) is 4.00. The maximum atomic E-state index is 5.35. The van der Waals surface area contributed by atoms with Gasteiger partial charge in [-0.05, 0) is 43.2 Å². The minimum Gasteiger partial charge on any atom is -0.496 e. The normalized spacial score (nSPS) is 10.3. The van der Waals surface area contributed by atoms with Crippen molar-refractivity contribution in [3.8, 4) is 17.0 Å². The summed E-state index contributed by atoms with van der Waals surface area (Å²) in [4.78, 5) is 8.80. The summed E-state index contributed by atoms with van der Waals surface area (Å²) in [6.07, 6.45) is 0.931. The van der Waals surface area contributed by atoms with Crippen LogP contribution in [0.4, 0.5) is 5.95 Å². The second-order valence-electron chi connectivity index (χ2n) is 4.35. The van der Waals surface area contributed by atoms with Crippen LogP contribution in [0.25, 0.3) is 11.3 Å². The van der Waals surface area contributed by atoms with Crippen molar-refractivity contribution < 1.29 is 4.74 Å². The van der Waals surface area contributed by atoms with Gasteiger partial charge in [0.2, 0.25) is 5.95 Å². The van der Waals surface area contributed by atoms with E-state index < -0.39 is 0 Å². The molecule has 0 unspecified atom stereocenters. The van der Waals surface area contributed by atoms with Gasteiger partial charge in [-0.15, -0.1) is 0 Å². The molecular formula is C15H19N3O. The summed E-state index contributed by atoms with van der Waals surface area (Å²) >= 11 is 0. The van der Waals surface area contributed by atoms with E-state index in [0.717, 1.165) is 29.1 Å². The van der Waals surface area contributed by atoms with E-state index in [0.29, 0.717) is 5.95 Å². The van der Waals surface area contributed by atoms with Gasteiger partial charge in [0.05, 0.1) is 12.8 Å². The molecule has 1 aromatic carbocycles. The maximum Gasteiger partial charge on any atom is 0.223 e. The predicted molar refractivity (Wildman–Crippen MR) is 77.7 cm³/mol. The first-order chi connectivity index (χ1) is 9.17. The molecule has 0 fully saturated rings. The Bertz CT molecular complexity index is 582. The number of hydrogen-bond acceptors (Lipinski definition) is 4. The molecule has 0 aliphatic heterocycles. The molecule has 0 bridgehead atoms. The molecule has 2 rings (SSSR count). The lowest BCUT2D eigenvalue weighted by molar-refractivity contribution is 0.410. The Balaban J connectivity index is 2.49. The highest BCUT2D eigenvalue weighted by molar-refractivity contribution is 5.63. The third kappa shape index (κ3) is 2.84. The van der Waals surface area contributed by atoms with Gasteiger partial charge in [0.15, 0.2) is 0 Å². The predicted octanol–water partition coefficient (Wildman–Crippen LogP) is 3.06. The zero-order chi connectivity index (χ0) is 13.8. The Morgan fingerprint density at radius 2 is 2.00 bits per heavy atom. The minimum absolute atomic E-state index is 0.642. The van der Waals surface area contributed by atoms with Crippen molar-refractivity contribution in [1.82, 2.24) is 9.97 Å². The summed E-state index contributed by atoms with van der Waals surface area (Å²) in [5.41, 5.74) is 4.14. The monoisotopic (exact) mass is 257 g/mol. The number of methoxy groups -OCH3 is 1. The number of nitrogens with one attached hydrogen (secondary N) is 1. The van der Waals surface area contributed by atoms with Gasteiger partial charge in [-0.1, -0.05) is 6.92 Å². The Labute approximate surface area is 113 Å². The average molecular weight is 257 g/mol. The molecule has 4 heteroatoms. The van der Waals surface area contributed by atoms with Crippen molar-refractivity contribution in [2.75, 3.05) is 19.5 Å². The lowest BCUT2D eigenvalue weighted by Gasteiger charge is -2.10. The quantitative estimate of drug-likeness (QED) is 0.914. The molecule has 0 radical (unpaired) electrons. The average Bonchev–Trinajstić information content (AvgIpc) is 2.45. The summed E-state index contributed by atoms with van der Waals surface area (Å²) in [5, 5.41) is 2.98. The topological polar surface area (TPSA) is 47.0 Å². The van der Waals surface area contributed by atoms with Crippen molar-refractivity contribution in [1.29, 1.82) is 0 Å². The fourth-order valence-corrected chi connectivity index (χ4v) is 2.04. The fourth-order valence-electron chi connectivity index (χ4n) is 2.04. The number of hydrogen-bond donors (Lipinski definition) is 1. The molecule has 1 N–H and O–H groups in total. The number of anilines is 1. The third-order valence-electron chi connectivity index (χ3n) is 3.03. The van der Waals surface area contributed by atoms with E-state index in [4.69, 9.17) is 4.74 Å². The molecule has 1 heterocycles. The van der Waals surface area contributed by atoms with Crippen LogP contribution in [0.2, 0.25) is 0 Å². The molecule has 0 atom stereocenters. The van der Waals surface area contributed by atoms with Gasteiger partial charge in [-0.3, -0.25) is 0 Å². The summed E-state index contributed by atoms with van der Waals surface area (Å²) in [5.74, 6) is 1.56. The highest BCUT2D eigenvalue weighted by Gasteiger charge is 2.07. The van der Waals surface area contributed by atoms with Crippen LogP contribution in [0.1, 0.15) is 18.2 Å². The number of nitrogens with zero attached hydrogens (tertiary/aromatic N) is 2. The molecule has 0 aliphatic rings. The molecule has 1 aromatic heterocycles. The molecule has 0 aliphatic carbocycles. The lowest BCUT2D eigenvalue weighted by Crippen LogP contribution is -1.99. The zero-order valence-corrected chi connectivity index (χ0v) is 11.8. The molecule has 100 valence electrons. The molecule has 2 aromatic rings. The highest BCUT2D eigenvalue weighted by atomic mass is 16.5. The largest absolute Gasteiger partial charge is 0.496 e.